The third-order valence-electron chi connectivity index (χ3n) is 5.73. The first-order valence-electron chi connectivity index (χ1n) is 10.8. The Morgan fingerprint density at radius 3 is 2.34 bits per heavy atom. The molecule has 0 unspecified atom stereocenters. The number of amides is 1. The minimum atomic E-state index is -3.79. The van der Waals surface area contributed by atoms with E-state index < -0.39 is 21.7 Å². The smallest absolute Gasteiger partial charge is 0.256 e. The topological polar surface area (TPSA) is 70.2 Å². The molecular formula is C23H30FN3O4S. The van der Waals surface area contributed by atoms with Crippen LogP contribution >= 0.6 is 0 Å². The van der Waals surface area contributed by atoms with Crippen molar-refractivity contribution in [3.63, 3.8) is 0 Å². The number of halogens is 1. The van der Waals surface area contributed by atoms with Crippen LogP contribution in [-0.4, -0.2) is 69.9 Å². The molecule has 0 spiro atoms. The number of hydrogen-bond acceptors (Lipinski definition) is 5. The monoisotopic (exact) mass is 463 g/mol. The summed E-state index contributed by atoms with van der Waals surface area (Å²) in [6.07, 6.45) is 0.719. The van der Waals surface area contributed by atoms with Crippen LogP contribution in [0.15, 0.2) is 47.4 Å². The van der Waals surface area contributed by atoms with Gasteiger partial charge < -0.3 is 14.5 Å². The van der Waals surface area contributed by atoms with Gasteiger partial charge in [-0.2, -0.15) is 4.31 Å². The minimum Gasteiger partial charge on any atom is -0.497 e. The molecule has 0 N–H and O–H groups in total. The molecule has 32 heavy (non-hydrogen) atoms. The van der Waals surface area contributed by atoms with E-state index in [-0.39, 0.29) is 10.5 Å². The normalized spacial score (nSPS) is 15.0. The van der Waals surface area contributed by atoms with Crippen molar-refractivity contribution in [1.29, 1.82) is 0 Å². The highest BCUT2D eigenvalue weighted by atomic mass is 32.2. The molecule has 0 aliphatic carbocycles. The van der Waals surface area contributed by atoms with E-state index in [9.17, 15) is 17.6 Å². The van der Waals surface area contributed by atoms with Gasteiger partial charge in [0, 0.05) is 45.0 Å². The second-order valence-corrected chi connectivity index (χ2v) is 9.50. The molecule has 1 aliphatic heterocycles. The van der Waals surface area contributed by atoms with Crippen LogP contribution in [0.2, 0.25) is 0 Å². The lowest BCUT2D eigenvalue weighted by Gasteiger charge is -2.24. The average Bonchev–Trinajstić information content (AvgIpc) is 3.06. The van der Waals surface area contributed by atoms with Gasteiger partial charge in [-0.1, -0.05) is 13.8 Å². The predicted octanol–water partition coefficient (Wildman–Crippen LogP) is 3.22. The molecular weight excluding hydrogens is 433 g/mol. The molecule has 9 heteroatoms. The Morgan fingerprint density at radius 1 is 1.03 bits per heavy atom. The Labute approximate surface area is 189 Å². The number of nitrogens with zero attached hydrogens (tertiary/aromatic N) is 3. The number of carbonyl (C=O) groups is 1. The van der Waals surface area contributed by atoms with Crippen LogP contribution in [0.5, 0.6) is 5.75 Å². The van der Waals surface area contributed by atoms with Gasteiger partial charge in [-0.05, 0) is 48.9 Å². The van der Waals surface area contributed by atoms with Gasteiger partial charge in [-0.3, -0.25) is 4.79 Å². The first-order valence-corrected chi connectivity index (χ1v) is 12.2. The number of methoxy groups -OCH3 is 1. The number of carbonyl (C=O) groups excluding carboxylic acids is 1. The van der Waals surface area contributed by atoms with E-state index >= 15 is 0 Å². The van der Waals surface area contributed by atoms with Crippen molar-refractivity contribution in [2.75, 3.05) is 51.3 Å². The Bertz CT molecular complexity index is 1040. The second-order valence-electron chi connectivity index (χ2n) is 7.56. The van der Waals surface area contributed by atoms with Crippen molar-refractivity contribution >= 4 is 21.6 Å². The molecule has 3 rings (SSSR count). The first kappa shape index (κ1) is 24.0. The third kappa shape index (κ3) is 5.05. The van der Waals surface area contributed by atoms with Gasteiger partial charge in [-0.25, -0.2) is 12.8 Å². The molecule has 0 atom stereocenters. The second kappa shape index (κ2) is 10.3. The fraction of sp³-hybridized carbons (Fsp3) is 0.435. The van der Waals surface area contributed by atoms with Crippen LogP contribution < -0.4 is 9.64 Å². The van der Waals surface area contributed by atoms with E-state index in [2.05, 4.69) is 4.90 Å². The maximum Gasteiger partial charge on any atom is 0.256 e. The number of ether oxygens (including phenoxy) is 1. The van der Waals surface area contributed by atoms with Crippen LogP contribution in [0, 0.1) is 5.82 Å². The van der Waals surface area contributed by atoms with E-state index in [4.69, 9.17) is 4.74 Å². The molecule has 7 nitrogen and oxygen atoms in total. The molecule has 0 radical (unpaired) electrons. The fourth-order valence-corrected chi connectivity index (χ4v) is 5.37. The Balaban J connectivity index is 1.78. The Kier molecular flexibility index (Phi) is 7.73. The van der Waals surface area contributed by atoms with Gasteiger partial charge in [0.15, 0.2) is 0 Å². The standard InChI is InChI=1S/C23H30FN3O4S/c1-4-27(5-2)32(29,30)20-11-12-22(24)21(17-20)23(28)26-14-6-13-25(15-16-26)18-7-9-19(31-3)10-8-18/h7-12,17H,4-6,13-16H2,1-3H3. The van der Waals surface area contributed by atoms with Crippen LogP contribution in [0.3, 0.4) is 0 Å². The van der Waals surface area contributed by atoms with E-state index in [0.717, 1.165) is 36.5 Å². The lowest BCUT2D eigenvalue weighted by Crippen LogP contribution is -2.36. The summed E-state index contributed by atoms with van der Waals surface area (Å²) in [5.74, 6) is -0.434. The van der Waals surface area contributed by atoms with Crippen molar-refractivity contribution in [3.05, 3.63) is 53.8 Å². The van der Waals surface area contributed by atoms with E-state index in [1.165, 1.54) is 10.4 Å². The molecule has 0 saturated carbocycles. The molecule has 174 valence electrons. The van der Waals surface area contributed by atoms with Crippen LogP contribution in [-0.2, 0) is 10.0 Å². The lowest BCUT2D eigenvalue weighted by molar-refractivity contribution is 0.0762. The summed E-state index contributed by atoms with van der Waals surface area (Å²) in [6.45, 7) is 6.31. The highest BCUT2D eigenvalue weighted by Gasteiger charge is 2.27. The van der Waals surface area contributed by atoms with Crippen molar-refractivity contribution in [2.24, 2.45) is 0 Å². The maximum absolute atomic E-state index is 14.6. The van der Waals surface area contributed by atoms with Crippen LogP contribution in [0.4, 0.5) is 10.1 Å². The summed E-state index contributed by atoms with van der Waals surface area (Å²) in [4.78, 5) is 16.8. The van der Waals surface area contributed by atoms with Gasteiger partial charge in [0.2, 0.25) is 10.0 Å². The quantitative estimate of drug-likeness (QED) is 0.631. The van der Waals surface area contributed by atoms with Crippen molar-refractivity contribution in [2.45, 2.75) is 25.2 Å². The summed E-state index contributed by atoms with van der Waals surface area (Å²) in [5.41, 5.74) is 0.815. The summed E-state index contributed by atoms with van der Waals surface area (Å²) in [7, 11) is -2.17. The fourth-order valence-electron chi connectivity index (χ4n) is 3.88. The van der Waals surface area contributed by atoms with Gasteiger partial charge in [0.25, 0.3) is 5.91 Å². The number of hydrogen-bond donors (Lipinski definition) is 0. The lowest BCUT2D eigenvalue weighted by atomic mass is 10.2. The van der Waals surface area contributed by atoms with Gasteiger partial charge in [0.05, 0.1) is 17.6 Å². The highest BCUT2D eigenvalue weighted by molar-refractivity contribution is 7.89. The SMILES string of the molecule is CCN(CC)S(=O)(=O)c1ccc(F)c(C(=O)N2CCCN(c3ccc(OC)cc3)CC2)c1. The van der Waals surface area contributed by atoms with Crippen molar-refractivity contribution < 1.29 is 22.3 Å². The van der Waals surface area contributed by atoms with Gasteiger partial charge in [-0.15, -0.1) is 0 Å². The Morgan fingerprint density at radius 2 is 1.72 bits per heavy atom. The molecule has 1 saturated heterocycles. The van der Waals surface area contributed by atoms with Gasteiger partial charge >= 0.3 is 0 Å². The number of rotatable bonds is 7. The predicted molar refractivity (Wildman–Crippen MR) is 122 cm³/mol. The largest absolute Gasteiger partial charge is 0.497 e. The van der Waals surface area contributed by atoms with E-state index in [1.807, 2.05) is 24.3 Å². The van der Waals surface area contributed by atoms with Crippen molar-refractivity contribution in [3.8, 4) is 5.75 Å². The summed E-state index contributed by atoms with van der Waals surface area (Å²) >= 11 is 0. The summed E-state index contributed by atoms with van der Waals surface area (Å²) < 4.78 is 46.7. The number of sulfonamides is 1. The van der Waals surface area contributed by atoms with E-state index in [1.54, 1.807) is 25.9 Å². The van der Waals surface area contributed by atoms with Crippen molar-refractivity contribution in [1.82, 2.24) is 9.21 Å². The average molecular weight is 464 g/mol. The van der Waals surface area contributed by atoms with Crippen LogP contribution in [0.25, 0.3) is 0 Å². The van der Waals surface area contributed by atoms with E-state index in [0.29, 0.717) is 32.7 Å². The maximum atomic E-state index is 14.6. The molecule has 2 aromatic carbocycles. The zero-order valence-electron chi connectivity index (χ0n) is 18.8. The number of anilines is 1. The zero-order chi connectivity index (χ0) is 23.3. The minimum absolute atomic E-state index is 0.0689. The number of benzene rings is 2. The Hall–Kier alpha value is -2.65. The zero-order valence-corrected chi connectivity index (χ0v) is 19.6. The van der Waals surface area contributed by atoms with Crippen LogP contribution in [0.1, 0.15) is 30.6 Å². The molecule has 1 aliphatic rings. The molecule has 1 fully saturated rings. The summed E-state index contributed by atoms with van der Waals surface area (Å²) in [5, 5.41) is 0. The molecule has 0 aromatic heterocycles. The highest BCUT2D eigenvalue weighted by Crippen LogP contribution is 2.23. The molecule has 0 bridgehead atoms. The molecule has 2 aromatic rings. The van der Waals surface area contributed by atoms with Gasteiger partial charge in [0.1, 0.15) is 11.6 Å². The molecule has 1 heterocycles. The third-order valence-corrected chi connectivity index (χ3v) is 7.78. The first-order chi connectivity index (χ1) is 15.3. The summed E-state index contributed by atoms with van der Waals surface area (Å²) in [6, 6.07) is 11.2. The molecule has 1 amide bonds.